The highest BCUT2D eigenvalue weighted by Gasteiger charge is 2.20. The number of fused-ring (bicyclic) bond motifs is 1. The van der Waals surface area contributed by atoms with Crippen molar-refractivity contribution < 1.29 is 9.53 Å². The van der Waals surface area contributed by atoms with Gasteiger partial charge in [-0.2, -0.15) is 0 Å². The first-order valence-electron chi connectivity index (χ1n) is 11.7. The molecular weight excluding hydrogens is 462 g/mol. The highest BCUT2D eigenvalue weighted by molar-refractivity contribution is 5.95. The van der Waals surface area contributed by atoms with Crippen LogP contribution in [-0.2, 0) is 0 Å². The Kier molecular flexibility index (Phi) is 7.38. The lowest BCUT2D eigenvalue weighted by Gasteiger charge is -2.32. The van der Waals surface area contributed by atoms with Crippen LogP contribution in [0, 0.1) is 0 Å². The van der Waals surface area contributed by atoms with Crippen LogP contribution in [0.25, 0.3) is 33.7 Å². The molecule has 0 bridgehead atoms. The van der Waals surface area contributed by atoms with Crippen LogP contribution in [-0.4, -0.2) is 70.0 Å². The molecule has 1 saturated heterocycles. The molecule has 4 aromatic rings. The lowest BCUT2D eigenvalue weighted by Crippen LogP contribution is -2.47. The van der Waals surface area contributed by atoms with E-state index in [2.05, 4.69) is 21.9 Å². The Morgan fingerprint density at radius 3 is 2.26 bits per heavy atom. The van der Waals surface area contributed by atoms with Crippen LogP contribution >= 0.6 is 12.4 Å². The highest BCUT2D eigenvalue weighted by atomic mass is 35.5. The zero-order chi connectivity index (χ0) is 23.7. The minimum Gasteiger partial charge on any atom is -0.491 e. The standard InChI is InChI=1S/C27H29N5O2.ClH/c1-18(2)34-22-10-8-19(9-11-22)23-12-13-28-26-24(23)29-25(30-26)20-4-6-21(7-5-20)27(33)32-16-14-31(3)15-17-32;/h4-13,18H,14-17H2,1-3H3,(H,28,29,30);1H. The Hall–Kier alpha value is -3.42. The Morgan fingerprint density at radius 1 is 0.943 bits per heavy atom. The lowest BCUT2D eigenvalue weighted by molar-refractivity contribution is 0.0664. The van der Waals surface area contributed by atoms with Crippen molar-refractivity contribution in [1.29, 1.82) is 0 Å². The van der Waals surface area contributed by atoms with E-state index in [0.717, 1.165) is 65.6 Å². The molecule has 1 fully saturated rings. The van der Waals surface area contributed by atoms with E-state index >= 15 is 0 Å². The fraction of sp³-hybridized carbons (Fsp3) is 0.296. The first kappa shape index (κ1) is 24.7. The van der Waals surface area contributed by atoms with Crippen molar-refractivity contribution in [2.45, 2.75) is 20.0 Å². The normalized spacial score (nSPS) is 14.2. The third kappa shape index (κ3) is 5.31. The molecule has 0 unspecified atom stereocenters. The van der Waals surface area contributed by atoms with Crippen molar-refractivity contribution >= 4 is 29.5 Å². The first-order valence-corrected chi connectivity index (χ1v) is 11.7. The number of aromatic amines is 1. The average Bonchev–Trinajstić information content (AvgIpc) is 3.29. The monoisotopic (exact) mass is 491 g/mol. The number of halogens is 1. The largest absolute Gasteiger partial charge is 0.491 e. The molecule has 0 spiro atoms. The number of imidazole rings is 1. The predicted octanol–water partition coefficient (Wildman–Crippen LogP) is 4.89. The van der Waals surface area contributed by atoms with E-state index in [9.17, 15) is 4.79 Å². The molecule has 0 radical (unpaired) electrons. The number of likely N-dealkylation sites (N-methyl/N-ethyl adjacent to an activating group) is 1. The molecule has 3 heterocycles. The summed E-state index contributed by atoms with van der Waals surface area (Å²) in [6.45, 7) is 7.37. The molecule has 1 N–H and O–H groups in total. The van der Waals surface area contributed by atoms with Gasteiger partial charge in [0.15, 0.2) is 5.65 Å². The molecule has 35 heavy (non-hydrogen) atoms. The second-order valence-electron chi connectivity index (χ2n) is 9.00. The summed E-state index contributed by atoms with van der Waals surface area (Å²) in [5.41, 5.74) is 5.21. The molecule has 182 valence electrons. The quantitative estimate of drug-likeness (QED) is 0.430. The van der Waals surface area contributed by atoms with Gasteiger partial charge in [0.2, 0.25) is 0 Å². The third-order valence-corrected chi connectivity index (χ3v) is 6.12. The van der Waals surface area contributed by atoms with Crippen molar-refractivity contribution in [1.82, 2.24) is 24.8 Å². The Labute approximate surface area is 211 Å². The number of carbonyl (C=O) groups is 1. The lowest BCUT2D eigenvalue weighted by atomic mass is 10.1. The van der Waals surface area contributed by atoms with Crippen LogP contribution in [0.1, 0.15) is 24.2 Å². The average molecular weight is 492 g/mol. The van der Waals surface area contributed by atoms with Gasteiger partial charge in [-0.1, -0.05) is 24.3 Å². The summed E-state index contributed by atoms with van der Waals surface area (Å²) in [6, 6.07) is 17.7. The first-order chi connectivity index (χ1) is 16.5. The second kappa shape index (κ2) is 10.5. The molecule has 0 aliphatic carbocycles. The van der Waals surface area contributed by atoms with Gasteiger partial charge in [-0.25, -0.2) is 9.97 Å². The number of amides is 1. The molecule has 2 aromatic heterocycles. The van der Waals surface area contributed by atoms with Crippen molar-refractivity contribution in [2.75, 3.05) is 33.2 Å². The van der Waals surface area contributed by atoms with E-state index in [-0.39, 0.29) is 24.4 Å². The summed E-state index contributed by atoms with van der Waals surface area (Å²) >= 11 is 0. The fourth-order valence-electron chi connectivity index (χ4n) is 4.23. The van der Waals surface area contributed by atoms with Gasteiger partial charge in [0.1, 0.15) is 17.1 Å². The van der Waals surface area contributed by atoms with Gasteiger partial charge in [-0.05, 0) is 56.8 Å². The number of H-pyrrole nitrogens is 1. The van der Waals surface area contributed by atoms with Crippen LogP contribution in [0.2, 0.25) is 0 Å². The van der Waals surface area contributed by atoms with Crippen LogP contribution in [0.5, 0.6) is 5.75 Å². The molecule has 1 aliphatic rings. The minimum absolute atomic E-state index is 0. The highest BCUT2D eigenvalue weighted by Crippen LogP contribution is 2.30. The zero-order valence-electron chi connectivity index (χ0n) is 20.2. The molecule has 2 aromatic carbocycles. The summed E-state index contributed by atoms with van der Waals surface area (Å²) < 4.78 is 5.76. The number of nitrogens with one attached hydrogen (secondary N) is 1. The van der Waals surface area contributed by atoms with Crippen molar-refractivity contribution in [3.63, 3.8) is 0 Å². The van der Waals surface area contributed by atoms with E-state index < -0.39 is 0 Å². The molecule has 1 amide bonds. The predicted molar refractivity (Wildman–Crippen MR) is 141 cm³/mol. The van der Waals surface area contributed by atoms with E-state index in [1.807, 2.05) is 73.3 Å². The molecule has 5 rings (SSSR count). The molecule has 0 atom stereocenters. The van der Waals surface area contributed by atoms with Gasteiger partial charge in [0.05, 0.1) is 6.10 Å². The smallest absolute Gasteiger partial charge is 0.253 e. The van der Waals surface area contributed by atoms with Gasteiger partial charge in [-0.3, -0.25) is 4.79 Å². The van der Waals surface area contributed by atoms with Crippen molar-refractivity contribution in [3.8, 4) is 28.3 Å². The summed E-state index contributed by atoms with van der Waals surface area (Å²) in [5, 5.41) is 0. The van der Waals surface area contributed by atoms with E-state index in [1.165, 1.54) is 0 Å². The third-order valence-electron chi connectivity index (χ3n) is 6.12. The number of pyridine rings is 1. The maximum atomic E-state index is 12.8. The van der Waals surface area contributed by atoms with Gasteiger partial charge >= 0.3 is 0 Å². The summed E-state index contributed by atoms with van der Waals surface area (Å²) in [5.74, 6) is 1.66. The fourth-order valence-corrected chi connectivity index (χ4v) is 4.23. The molecule has 0 saturated carbocycles. The van der Waals surface area contributed by atoms with Crippen LogP contribution in [0.15, 0.2) is 60.8 Å². The number of nitrogens with zero attached hydrogens (tertiary/aromatic N) is 4. The van der Waals surface area contributed by atoms with Gasteiger partial charge in [0.25, 0.3) is 5.91 Å². The van der Waals surface area contributed by atoms with Crippen LogP contribution in [0.4, 0.5) is 0 Å². The zero-order valence-corrected chi connectivity index (χ0v) is 21.0. The SMILES string of the molecule is CC(C)Oc1ccc(-c2ccnc3[nH]c(-c4ccc(C(=O)N5CCN(C)CC5)cc4)nc23)cc1.Cl. The maximum Gasteiger partial charge on any atom is 0.253 e. The van der Waals surface area contributed by atoms with Crippen molar-refractivity contribution in [3.05, 3.63) is 66.4 Å². The van der Waals surface area contributed by atoms with Gasteiger partial charge < -0.3 is 19.5 Å². The number of benzene rings is 2. The molecule has 8 heteroatoms. The number of rotatable bonds is 5. The van der Waals surface area contributed by atoms with Gasteiger partial charge in [0, 0.05) is 49.1 Å². The molecule has 1 aliphatic heterocycles. The number of hydrogen-bond acceptors (Lipinski definition) is 5. The van der Waals surface area contributed by atoms with E-state index in [1.54, 1.807) is 6.20 Å². The van der Waals surface area contributed by atoms with Crippen LogP contribution < -0.4 is 4.74 Å². The maximum absolute atomic E-state index is 12.8. The molecule has 7 nitrogen and oxygen atoms in total. The van der Waals surface area contributed by atoms with E-state index in [0.29, 0.717) is 5.56 Å². The number of hydrogen-bond donors (Lipinski definition) is 1. The van der Waals surface area contributed by atoms with E-state index in [4.69, 9.17) is 9.72 Å². The number of piperazine rings is 1. The summed E-state index contributed by atoms with van der Waals surface area (Å²) in [6.07, 6.45) is 1.92. The summed E-state index contributed by atoms with van der Waals surface area (Å²) in [7, 11) is 2.08. The summed E-state index contributed by atoms with van der Waals surface area (Å²) in [4.78, 5) is 29.7. The Balaban J connectivity index is 0.00000289. The molecular formula is C27H30ClN5O2. The number of carbonyl (C=O) groups excluding carboxylic acids is 1. The Morgan fingerprint density at radius 2 is 1.60 bits per heavy atom. The minimum atomic E-state index is 0. The number of ether oxygens (including phenoxy) is 1. The van der Waals surface area contributed by atoms with Crippen LogP contribution in [0.3, 0.4) is 0 Å². The second-order valence-corrected chi connectivity index (χ2v) is 9.00. The van der Waals surface area contributed by atoms with Crippen molar-refractivity contribution in [2.24, 2.45) is 0 Å². The Bertz CT molecular complexity index is 1290. The topological polar surface area (TPSA) is 74.3 Å². The van der Waals surface area contributed by atoms with Gasteiger partial charge in [-0.15, -0.1) is 12.4 Å². The number of aromatic nitrogens is 3.